The molecule has 1 heterocycles. The van der Waals surface area contributed by atoms with Crippen LogP contribution in [0.1, 0.15) is 0 Å². The van der Waals surface area contributed by atoms with Gasteiger partial charge in [-0.15, -0.1) is 0 Å². The zero-order valence-electron chi connectivity index (χ0n) is 5.32. The molecule has 1 aromatic rings. The Morgan fingerprint density at radius 1 is 1.64 bits per heavy atom. The summed E-state index contributed by atoms with van der Waals surface area (Å²) >= 11 is 0. The maximum Gasteiger partial charge on any atom is 0.367 e. The van der Waals surface area contributed by atoms with Gasteiger partial charge in [0.05, 0.1) is 0 Å². The Morgan fingerprint density at radius 2 is 2.27 bits per heavy atom. The Labute approximate surface area is 60.8 Å². The average Bonchev–Trinajstić information content (AvgIpc) is 1.94. The van der Waals surface area contributed by atoms with Gasteiger partial charge in [-0.1, -0.05) is 0 Å². The highest BCUT2D eigenvalue weighted by Gasteiger charge is 2.11. The quantitative estimate of drug-likeness (QED) is 0.369. The van der Waals surface area contributed by atoms with Crippen molar-refractivity contribution in [3.63, 3.8) is 0 Å². The summed E-state index contributed by atoms with van der Waals surface area (Å²) in [7, 11) is 0. The Morgan fingerprint density at radius 3 is 2.73 bits per heavy atom. The SMILES string of the molecule is Nc1ccc([N+](=O)[O-])nc1F. The number of pyridine rings is 1. The van der Waals surface area contributed by atoms with Crippen molar-refractivity contribution in [3.8, 4) is 0 Å². The first-order chi connectivity index (χ1) is 5.11. The van der Waals surface area contributed by atoms with Gasteiger partial charge < -0.3 is 15.8 Å². The van der Waals surface area contributed by atoms with E-state index in [0.29, 0.717) is 0 Å². The number of nitrogen functional groups attached to an aromatic ring is 1. The van der Waals surface area contributed by atoms with Crippen molar-refractivity contribution in [2.75, 3.05) is 5.73 Å². The topological polar surface area (TPSA) is 82.0 Å². The third kappa shape index (κ3) is 1.40. The normalized spacial score (nSPS) is 9.55. The molecule has 6 heteroatoms. The van der Waals surface area contributed by atoms with Gasteiger partial charge in [0, 0.05) is 6.07 Å². The van der Waals surface area contributed by atoms with Crippen molar-refractivity contribution in [2.24, 2.45) is 0 Å². The van der Waals surface area contributed by atoms with Gasteiger partial charge >= 0.3 is 11.8 Å². The molecule has 0 aliphatic heterocycles. The van der Waals surface area contributed by atoms with E-state index in [0.717, 1.165) is 12.1 Å². The number of halogens is 1. The molecule has 1 rings (SSSR count). The van der Waals surface area contributed by atoms with Gasteiger partial charge in [0.15, 0.2) is 0 Å². The molecule has 0 amide bonds. The highest BCUT2D eigenvalue weighted by atomic mass is 19.1. The molecule has 0 aliphatic carbocycles. The lowest BCUT2D eigenvalue weighted by Gasteiger charge is -1.91. The van der Waals surface area contributed by atoms with Crippen LogP contribution in [0.2, 0.25) is 0 Å². The van der Waals surface area contributed by atoms with Gasteiger partial charge in [-0.05, 0) is 16.0 Å². The number of nitrogens with zero attached hydrogens (tertiary/aromatic N) is 2. The summed E-state index contributed by atoms with van der Waals surface area (Å²) in [5.41, 5.74) is 4.83. The molecule has 2 N–H and O–H groups in total. The summed E-state index contributed by atoms with van der Waals surface area (Å²) in [5.74, 6) is -1.56. The standard InChI is InChI=1S/C5H4FN3O2/c6-5-3(7)1-2-4(8-5)9(10)11/h1-2H,7H2. The van der Waals surface area contributed by atoms with E-state index in [1.165, 1.54) is 0 Å². The molecular weight excluding hydrogens is 153 g/mol. The minimum absolute atomic E-state index is 0.199. The van der Waals surface area contributed by atoms with Gasteiger partial charge in [-0.3, -0.25) is 0 Å². The van der Waals surface area contributed by atoms with Gasteiger partial charge in [-0.2, -0.15) is 4.39 Å². The van der Waals surface area contributed by atoms with E-state index in [2.05, 4.69) is 4.98 Å². The lowest BCUT2D eigenvalue weighted by atomic mass is 10.4. The summed E-state index contributed by atoms with van der Waals surface area (Å²) < 4.78 is 12.4. The zero-order valence-corrected chi connectivity index (χ0v) is 5.32. The first kappa shape index (κ1) is 7.39. The Bertz CT molecular complexity index is 302. The van der Waals surface area contributed by atoms with Crippen LogP contribution < -0.4 is 5.73 Å². The van der Waals surface area contributed by atoms with Gasteiger partial charge in [0.25, 0.3) is 0 Å². The highest BCUT2D eigenvalue weighted by molar-refractivity contribution is 5.39. The molecule has 11 heavy (non-hydrogen) atoms. The Hall–Kier alpha value is -1.72. The molecule has 0 saturated heterocycles. The number of nitro groups is 1. The lowest BCUT2D eigenvalue weighted by molar-refractivity contribution is -0.389. The number of hydrogen-bond acceptors (Lipinski definition) is 4. The second-order valence-electron chi connectivity index (χ2n) is 1.81. The third-order valence-corrected chi connectivity index (χ3v) is 1.05. The van der Waals surface area contributed by atoms with Crippen LogP contribution in [0.15, 0.2) is 12.1 Å². The van der Waals surface area contributed by atoms with Crippen molar-refractivity contribution in [1.29, 1.82) is 0 Å². The molecule has 0 unspecified atom stereocenters. The van der Waals surface area contributed by atoms with Crippen LogP contribution in [0.3, 0.4) is 0 Å². The fourth-order valence-electron chi connectivity index (χ4n) is 0.537. The second-order valence-corrected chi connectivity index (χ2v) is 1.81. The number of anilines is 1. The van der Waals surface area contributed by atoms with E-state index in [1.54, 1.807) is 0 Å². The van der Waals surface area contributed by atoms with Crippen molar-refractivity contribution in [2.45, 2.75) is 0 Å². The molecule has 0 radical (unpaired) electrons. The molecule has 5 nitrogen and oxygen atoms in total. The number of aromatic nitrogens is 1. The van der Waals surface area contributed by atoms with Gasteiger partial charge in [0.1, 0.15) is 5.69 Å². The van der Waals surface area contributed by atoms with E-state index in [1.807, 2.05) is 0 Å². The third-order valence-electron chi connectivity index (χ3n) is 1.05. The van der Waals surface area contributed by atoms with Crippen LogP contribution in [0.4, 0.5) is 15.9 Å². The zero-order chi connectivity index (χ0) is 8.43. The van der Waals surface area contributed by atoms with Gasteiger partial charge in [-0.25, -0.2) is 0 Å². The largest absolute Gasteiger partial charge is 0.393 e. The number of hydrogen-bond donors (Lipinski definition) is 1. The molecule has 0 spiro atoms. The molecular formula is C5H4FN3O2. The Kier molecular flexibility index (Phi) is 1.67. The van der Waals surface area contributed by atoms with Crippen LogP contribution in [0, 0.1) is 16.1 Å². The van der Waals surface area contributed by atoms with E-state index in [9.17, 15) is 14.5 Å². The first-order valence-electron chi connectivity index (χ1n) is 2.67. The summed E-state index contributed by atoms with van der Waals surface area (Å²) in [6.45, 7) is 0. The summed E-state index contributed by atoms with van der Waals surface area (Å²) in [6.07, 6.45) is 0. The minimum Gasteiger partial charge on any atom is -0.393 e. The van der Waals surface area contributed by atoms with E-state index in [4.69, 9.17) is 5.73 Å². The Balaban J connectivity index is 3.15. The lowest BCUT2D eigenvalue weighted by Crippen LogP contribution is -1.98. The highest BCUT2D eigenvalue weighted by Crippen LogP contribution is 2.12. The fourth-order valence-corrected chi connectivity index (χ4v) is 0.537. The molecule has 0 atom stereocenters. The van der Waals surface area contributed by atoms with Crippen LogP contribution in [0.25, 0.3) is 0 Å². The molecule has 0 aromatic carbocycles. The maximum atomic E-state index is 12.4. The molecule has 0 fully saturated rings. The van der Waals surface area contributed by atoms with E-state index in [-0.39, 0.29) is 5.69 Å². The summed E-state index contributed by atoms with van der Waals surface area (Å²) in [5, 5.41) is 10.0. The van der Waals surface area contributed by atoms with E-state index >= 15 is 0 Å². The predicted octanol–water partition coefficient (Wildman–Crippen LogP) is 0.711. The van der Waals surface area contributed by atoms with Gasteiger partial charge in [0.2, 0.25) is 0 Å². The monoisotopic (exact) mass is 157 g/mol. The smallest absolute Gasteiger partial charge is 0.367 e. The van der Waals surface area contributed by atoms with Crippen LogP contribution >= 0.6 is 0 Å². The van der Waals surface area contributed by atoms with Crippen molar-refractivity contribution >= 4 is 11.5 Å². The predicted molar refractivity (Wildman–Crippen MR) is 35.3 cm³/mol. The van der Waals surface area contributed by atoms with E-state index < -0.39 is 16.7 Å². The molecule has 58 valence electrons. The maximum absolute atomic E-state index is 12.4. The first-order valence-corrected chi connectivity index (χ1v) is 2.67. The fraction of sp³-hybridized carbons (Fsp3) is 0. The minimum atomic E-state index is -1.01. The number of nitrogens with two attached hydrogens (primary N) is 1. The summed E-state index contributed by atoms with van der Waals surface area (Å²) in [6, 6.07) is 2.14. The van der Waals surface area contributed by atoms with Crippen molar-refractivity contribution in [1.82, 2.24) is 4.98 Å². The molecule has 0 aliphatic rings. The molecule has 0 bridgehead atoms. The molecule has 0 saturated carbocycles. The van der Waals surface area contributed by atoms with Crippen LogP contribution in [0.5, 0.6) is 0 Å². The molecule has 1 aromatic heterocycles. The summed E-state index contributed by atoms with van der Waals surface area (Å²) in [4.78, 5) is 12.2. The number of rotatable bonds is 1. The average molecular weight is 157 g/mol. The second kappa shape index (κ2) is 2.49. The van der Waals surface area contributed by atoms with Crippen LogP contribution in [-0.4, -0.2) is 9.91 Å². The van der Waals surface area contributed by atoms with Crippen molar-refractivity contribution in [3.05, 3.63) is 28.2 Å². The van der Waals surface area contributed by atoms with Crippen LogP contribution in [-0.2, 0) is 0 Å². The van der Waals surface area contributed by atoms with Crippen molar-refractivity contribution < 1.29 is 9.31 Å².